The first-order chi connectivity index (χ1) is 10.1. The molecular weight excluding hydrogens is 288 g/mol. The van der Waals surface area contributed by atoms with Gasteiger partial charge in [-0.15, -0.1) is 0 Å². The standard InChI is InChI=1S/C17H17ClO3/c1-4-11-5-7-12(8-6-11)16(19)13-9-14(18)17(21-3)15(10-13)20-2/h5-10H,4H2,1-3H3. The molecule has 2 rings (SSSR count). The summed E-state index contributed by atoms with van der Waals surface area (Å²) >= 11 is 6.14. The maximum atomic E-state index is 12.5. The number of benzene rings is 2. The van der Waals surface area contributed by atoms with Gasteiger partial charge in [-0.2, -0.15) is 0 Å². The van der Waals surface area contributed by atoms with Gasteiger partial charge in [0.2, 0.25) is 0 Å². The highest BCUT2D eigenvalue weighted by molar-refractivity contribution is 6.33. The molecule has 0 atom stereocenters. The van der Waals surface area contributed by atoms with E-state index in [2.05, 4.69) is 6.92 Å². The Morgan fingerprint density at radius 1 is 1.05 bits per heavy atom. The average Bonchev–Trinajstić information content (AvgIpc) is 2.53. The van der Waals surface area contributed by atoms with Gasteiger partial charge in [-0.3, -0.25) is 4.79 Å². The van der Waals surface area contributed by atoms with Crippen LogP contribution in [0, 0.1) is 0 Å². The van der Waals surface area contributed by atoms with Gasteiger partial charge in [0.15, 0.2) is 17.3 Å². The van der Waals surface area contributed by atoms with Gasteiger partial charge >= 0.3 is 0 Å². The van der Waals surface area contributed by atoms with E-state index in [0.717, 1.165) is 6.42 Å². The van der Waals surface area contributed by atoms with Crippen LogP contribution in [0.25, 0.3) is 0 Å². The van der Waals surface area contributed by atoms with Crippen molar-refractivity contribution in [3.63, 3.8) is 0 Å². The van der Waals surface area contributed by atoms with Gasteiger partial charge < -0.3 is 9.47 Å². The summed E-state index contributed by atoms with van der Waals surface area (Å²) in [5, 5.41) is 0.352. The summed E-state index contributed by atoms with van der Waals surface area (Å²) in [6.45, 7) is 2.07. The number of ether oxygens (including phenoxy) is 2. The summed E-state index contributed by atoms with van der Waals surface area (Å²) in [6, 6.07) is 10.8. The van der Waals surface area contributed by atoms with Crippen LogP contribution < -0.4 is 9.47 Å². The molecule has 0 aliphatic heterocycles. The van der Waals surface area contributed by atoms with E-state index in [9.17, 15) is 4.79 Å². The monoisotopic (exact) mass is 304 g/mol. The molecular formula is C17H17ClO3. The molecule has 2 aromatic carbocycles. The van der Waals surface area contributed by atoms with Crippen LogP contribution in [0.1, 0.15) is 28.4 Å². The minimum Gasteiger partial charge on any atom is -0.493 e. The van der Waals surface area contributed by atoms with Crippen LogP contribution in [0.2, 0.25) is 5.02 Å². The summed E-state index contributed by atoms with van der Waals surface area (Å²) in [6.07, 6.45) is 0.941. The normalized spacial score (nSPS) is 10.3. The third-order valence-corrected chi connectivity index (χ3v) is 3.60. The Morgan fingerprint density at radius 3 is 2.24 bits per heavy atom. The Morgan fingerprint density at radius 2 is 1.71 bits per heavy atom. The smallest absolute Gasteiger partial charge is 0.193 e. The van der Waals surface area contributed by atoms with Gasteiger partial charge in [0.25, 0.3) is 0 Å². The molecule has 0 N–H and O–H groups in total. The zero-order chi connectivity index (χ0) is 15.4. The van der Waals surface area contributed by atoms with E-state index in [1.165, 1.54) is 19.8 Å². The zero-order valence-electron chi connectivity index (χ0n) is 12.3. The Hall–Kier alpha value is -2.00. The molecule has 0 bridgehead atoms. The Labute approximate surface area is 129 Å². The van der Waals surface area contributed by atoms with Crippen molar-refractivity contribution in [1.29, 1.82) is 0 Å². The second kappa shape index (κ2) is 6.64. The first kappa shape index (κ1) is 15.4. The number of rotatable bonds is 5. The third kappa shape index (κ3) is 3.19. The van der Waals surface area contributed by atoms with Crippen LogP contribution in [0.5, 0.6) is 11.5 Å². The lowest BCUT2D eigenvalue weighted by Gasteiger charge is -2.11. The predicted octanol–water partition coefficient (Wildman–Crippen LogP) is 4.15. The fourth-order valence-corrected chi connectivity index (χ4v) is 2.40. The first-order valence-corrected chi connectivity index (χ1v) is 7.03. The van der Waals surface area contributed by atoms with E-state index in [-0.39, 0.29) is 5.78 Å². The van der Waals surface area contributed by atoms with E-state index < -0.39 is 0 Å². The summed E-state index contributed by atoms with van der Waals surface area (Å²) in [5.74, 6) is 0.774. The number of hydrogen-bond acceptors (Lipinski definition) is 3. The highest BCUT2D eigenvalue weighted by atomic mass is 35.5. The van der Waals surface area contributed by atoms with Gasteiger partial charge in [-0.1, -0.05) is 42.8 Å². The highest BCUT2D eigenvalue weighted by Gasteiger charge is 2.16. The van der Waals surface area contributed by atoms with Crippen LogP contribution >= 0.6 is 11.6 Å². The largest absolute Gasteiger partial charge is 0.493 e. The molecule has 0 saturated heterocycles. The maximum Gasteiger partial charge on any atom is 0.193 e. The molecule has 0 aliphatic rings. The molecule has 2 aromatic rings. The second-order valence-corrected chi connectivity index (χ2v) is 4.98. The molecule has 0 amide bonds. The molecule has 0 spiro atoms. The van der Waals surface area contributed by atoms with E-state index in [0.29, 0.717) is 27.6 Å². The lowest BCUT2D eigenvalue weighted by atomic mass is 10.0. The highest BCUT2D eigenvalue weighted by Crippen LogP contribution is 2.36. The van der Waals surface area contributed by atoms with Crippen LogP contribution in [0.15, 0.2) is 36.4 Å². The van der Waals surface area contributed by atoms with Crippen LogP contribution in [-0.4, -0.2) is 20.0 Å². The van der Waals surface area contributed by atoms with Crippen molar-refractivity contribution < 1.29 is 14.3 Å². The van der Waals surface area contributed by atoms with E-state index >= 15 is 0 Å². The fraction of sp³-hybridized carbons (Fsp3) is 0.235. The molecule has 21 heavy (non-hydrogen) atoms. The quantitative estimate of drug-likeness (QED) is 0.778. The molecule has 0 aromatic heterocycles. The van der Waals surface area contributed by atoms with E-state index in [1.807, 2.05) is 24.3 Å². The van der Waals surface area contributed by atoms with Gasteiger partial charge in [0, 0.05) is 11.1 Å². The summed E-state index contributed by atoms with van der Waals surface area (Å²) in [7, 11) is 3.02. The minimum atomic E-state index is -0.0968. The third-order valence-electron chi connectivity index (χ3n) is 3.32. The number of aryl methyl sites for hydroxylation is 1. The number of methoxy groups -OCH3 is 2. The lowest BCUT2D eigenvalue weighted by Crippen LogP contribution is -2.03. The number of ketones is 1. The number of carbonyl (C=O) groups excluding carboxylic acids is 1. The summed E-state index contributed by atoms with van der Waals surface area (Å²) < 4.78 is 10.4. The van der Waals surface area contributed by atoms with Crippen molar-refractivity contribution >= 4 is 17.4 Å². The van der Waals surface area contributed by atoms with Crippen LogP contribution in [0.3, 0.4) is 0 Å². The molecule has 0 fully saturated rings. The van der Waals surface area contributed by atoms with E-state index in [4.69, 9.17) is 21.1 Å². The number of carbonyl (C=O) groups is 1. The molecule has 110 valence electrons. The van der Waals surface area contributed by atoms with Crippen molar-refractivity contribution in [2.45, 2.75) is 13.3 Å². The average molecular weight is 305 g/mol. The molecule has 0 radical (unpaired) electrons. The van der Waals surface area contributed by atoms with Crippen LogP contribution in [0.4, 0.5) is 0 Å². The SMILES string of the molecule is CCc1ccc(C(=O)c2cc(Cl)c(OC)c(OC)c2)cc1. The fourth-order valence-electron chi connectivity index (χ4n) is 2.11. The topological polar surface area (TPSA) is 35.5 Å². The number of hydrogen-bond donors (Lipinski definition) is 0. The van der Waals surface area contributed by atoms with Gasteiger partial charge in [-0.25, -0.2) is 0 Å². The molecule has 0 aliphatic carbocycles. The lowest BCUT2D eigenvalue weighted by molar-refractivity contribution is 0.103. The maximum absolute atomic E-state index is 12.5. The van der Waals surface area contributed by atoms with Crippen molar-refractivity contribution in [3.8, 4) is 11.5 Å². The Bertz CT molecular complexity index is 648. The van der Waals surface area contributed by atoms with Crippen molar-refractivity contribution in [3.05, 3.63) is 58.1 Å². The summed E-state index contributed by atoms with van der Waals surface area (Å²) in [5.41, 5.74) is 2.29. The zero-order valence-corrected chi connectivity index (χ0v) is 13.0. The summed E-state index contributed by atoms with van der Waals surface area (Å²) in [4.78, 5) is 12.5. The van der Waals surface area contributed by atoms with Crippen molar-refractivity contribution in [2.24, 2.45) is 0 Å². The first-order valence-electron chi connectivity index (χ1n) is 6.65. The Kier molecular flexibility index (Phi) is 4.86. The minimum absolute atomic E-state index is 0.0968. The second-order valence-electron chi connectivity index (χ2n) is 4.57. The number of halogens is 1. The molecule has 3 nitrogen and oxygen atoms in total. The molecule has 4 heteroatoms. The van der Waals surface area contributed by atoms with Crippen molar-refractivity contribution in [1.82, 2.24) is 0 Å². The van der Waals surface area contributed by atoms with Gasteiger partial charge in [-0.05, 0) is 24.1 Å². The molecule has 0 heterocycles. The molecule has 0 saturated carbocycles. The van der Waals surface area contributed by atoms with Crippen LogP contribution in [-0.2, 0) is 6.42 Å². The van der Waals surface area contributed by atoms with E-state index in [1.54, 1.807) is 12.1 Å². The predicted molar refractivity (Wildman–Crippen MR) is 83.8 cm³/mol. The van der Waals surface area contributed by atoms with Gasteiger partial charge in [0.05, 0.1) is 19.2 Å². The Balaban J connectivity index is 2.40. The van der Waals surface area contributed by atoms with Gasteiger partial charge in [0.1, 0.15) is 0 Å². The molecule has 0 unspecified atom stereocenters. The van der Waals surface area contributed by atoms with Crippen molar-refractivity contribution in [2.75, 3.05) is 14.2 Å².